The average molecular weight is 343 g/mol. The largest absolute Gasteiger partial charge is 0.133 e. The van der Waals surface area contributed by atoms with E-state index in [2.05, 4.69) is 109 Å². The van der Waals surface area contributed by atoms with E-state index in [-0.39, 0.29) is 0 Å². The maximum absolute atomic E-state index is 2.45. The van der Waals surface area contributed by atoms with Crippen LogP contribution in [0.2, 0.25) is 0 Å². The van der Waals surface area contributed by atoms with Crippen molar-refractivity contribution in [2.45, 2.75) is 27.5 Å². The van der Waals surface area contributed by atoms with Gasteiger partial charge in [-0.3, -0.25) is 0 Å². The van der Waals surface area contributed by atoms with Crippen LogP contribution in [0.3, 0.4) is 0 Å². The molecule has 0 nitrogen and oxygen atoms in total. The molecule has 1 aliphatic carbocycles. The number of allylic oxidation sites excluding steroid dienone is 3. The highest BCUT2D eigenvalue weighted by Crippen LogP contribution is 2.73. The lowest BCUT2D eigenvalue weighted by atomic mass is 10.2. The lowest BCUT2D eigenvalue weighted by Crippen LogP contribution is -2.07. The van der Waals surface area contributed by atoms with Crippen LogP contribution in [0.25, 0.3) is 0 Å². The van der Waals surface area contributed by atoms with Gasteiger partial charge in [-0.2, -0.15) is 0 Å². The third kappa shape index (κ3) is 2.85. The van der Waals surface area contributed by atoms with Crippen molar-refractivity contribution in [3.05, 3.63) is 114 Å². The Bertz CT molecular complexity index is 780. The molecule has 0 saturated heterocycles. The molecule has 0 saturated carbocycles. The average Bonchev–Trinajstić information content (AvgIpc) is 2.72. The van der Waals surface area contributed by atoms with Crippen LogP contribution in [-0.2, 0) is 0 Å². The Labute approximate surface area is 151 Å². The van der Waals surface area contributed by atoms with Crippen LogP contribution in [0.5, 0.6) is 0 Å². The van der Waals surface area contributed by atoms with Crippen LogP contribution >= 0.6 is 10.0 Å². The molecular weight excluding hydrogens is 320 g/mol. The van der Waals surface area contributed by atoms with E-state index in [1.807, 2.05) is 0 Å². The molecule has 1 aliphatic rings. The SMILES string of the molecule is C1=CC(S(c2ccccc2)(c2ccccc2)c2ccccc2)=CCC1. The topological polar surface area (TPSA) is 0 Å². The summed E-state index contributed by atoms with van der Waals surface area (Å²) < 4.78 is 0. The minimum atomic E-state index is -1.46. The second kappa shape index (κ2) is 7.16. The van der Waals surface area contributed by atoms with E-state index in [1.54, 1.807) is 0 Å². The minimum absolute atomic E-state index is 1.12. The molecule has 3 aromatic rings. The normalized spacial score (nSPS) is 14.8. The Hall–Kier alpha value is -2.51. The zero-order valence-corrected chi connectivity index (χ0v) is 15.0. The molecule has 0 spiro atoms. The summed E-state index contributed by atoms with van der Waals surface area (Å²) >= 11 is 0. The van der Waals surface area contributed by atoms with E-state index < -0.39 is 10.0 Å². The predicted octanol–water partition coefficient (Wildman–Crippen LogP) is 7.20. The zero-order valence-electron chi connectivity index (χ0n) is 14.2. The molecular formula is C24H22S. The van der Waals surface area contributed by atoms with Crippen molar-refractivity contribution in [1.29, 1.82) is 0 Å². The second-order valence-corrected chi connectivity index (χ2v) is 9.25. The maximum atomic E-state index is 2.45. The molecule has 4 rings (SSSR count). The van der Waals surface area contributed by atoms with Gasteiger partial charge in [0.2, 0.25) is 0 Å². The van der Waals surface area contributed by atoms with Gasteiger partial charge in [-0.05, 0) is 54.1 Å². The molecule has 0 N–H and O–H groups in total. The predicted molar refractivity (Wildman–Crippen MR) is 108 cm³/mol. The van der Waals surface area contributed by atoms with Gasteiger partial charge in [0.25, 0.3) is 0 Å². The quantitative estimate of drug-likeness (QED) is 0.470. The lowest BCUT2D eigenvalue weighted by molar-refractivity contribution is 1.03. The highest BCUT2D eigenvalue weighted by molar-refractivity contribution is 8.37. The van der Waals surface area contributed by atoms with Gasteiger partial charge < -0.3 is 0 Å². The lowest BCUT2D eigenvalue weighted by Gasteiger charge is -2.43. The molecule has 0 radical (unpaired) electrons. The summed E-state index contributed by atoms with van der Waals surface area (Å²) in [7, 11) is -1.46. The van der Waals surface area contributed by atoms with Crippen molar-refractivity contribution in [2.24, 2.45) is 0 Å². The third-order valence-electron chi connectivity index (χ3n) is 4.60. The van der Waals surface area contributed by atoms with Gasteiger partial charge in [0.1, 0.15) is 0 Å². The highest BCUT2D eigenvalue weighted by Gasteiger charge is 2.33. The maximum Gasteiger partial charge on any atom is 0.00228 e. The first-order chi connectivity index (χ1) is 12.4. The highest BCUT2D eigenvalue weighted by atomic mass is 32.3. The molecule has 0 heterocycles. The van der Waals surface area contributed by atoms with Crippen LogP contribution in [-0.4, -0.2) is 0 Å². The number of hydrogen-bond donors (Lipinski definition) is 0. The molecule has 0 fully saturated rings. The van der Waals surface area contributed by atoms with E-state index in [0.29, 0.717) is 0 Å². The Morgan fingerprint density at radius 3 is 1.32 bits per heavy atom. The monoisotopic (exact) mass is 342 g/mol. The van der Waals surface area contributed by atoms with Gasteiger partial charge in [0.05, 0.1) is 0 Å². The number of benzene rings is 3. The summed E-state index contributed by atoms with van der Waals surface area (Å²) in [5.74, 6) is 0. The van der Waals surface area contributed by atoms with Crippen molar-refractivity contribution in [3.63, 3.8) is 0 Å². The molecule has 0 unspecified atom stereocenters. The van der Waals surface area contributed by atoms with Crippen molar-refractivity contribution in [3.8, 4) is 0 Å². The number of rotatable bonds is 4. The zero-order chi connectivity index (χ0) is 17.0. The molecule has 124 valence electrons. The van der Waals surface area contributed by atoms with E-state index in [9.17, 15) is 0 Å². The molecule has 25 heavy (non-hydrogen) atoms. The summed E-state index contributed by atoms with van der Waals surface area (Å²) in [5.41, 5.74) is 0. The summed E-state index contributed by atoms with van der Waals surface area (Å²) in [5, 5.41) is 0. The van der Waals surface area contributed by atoms with Crippen LogP contribution in [0.15, 0.2) is 129 Å². The van der Waals surface area contributed by atoms with E-state index in [0.717, 1.165) is 12.8 Å². The van der Waals surface area contributed by atoms with E-state index in [4.69, 9.17) is 0 Å². The second-order valence-electron chi connectivity index (χ2n) is 6.14. The fourth-order valence-corrected chi connectivity index (χ4v) is 7.50. The standard InChI is InChI=1S/C24H22S/c1-5-13-21(14-6-1)25(22-15-7-2-8-16-22,23-17-9-3-10-18-23)24-19-11-4-12-20-24/h1-3,5-11,13-20H,4,12H2. The Kier molecular flexibility index (Phi) is 4.58. The summed E-state index contributed by atoms with van der Waals surface area (Å²) in [6, 6.07) is 33.0. The fraction of sp³-hybridized carbons (Fsp3) is 0.0833. The smallest absolute Gasteiger partial charge is 0.00228 e. The van der Waals surface area contributed by atoms with E-state index >= 15 is 0 Å². The van der Waals surface area contributed by atoms with Gasteiger partial charge >= 0.3 is 0 Å². The Morgan fingerprint density at radius 2 is 0.960 bits per heavy atom. The Morgan fingerprint density at radius 1 is 0.520 bits per heavy atom. The first-order valence-corrected chi connectivity index (χ1v) is 10.4. The minimum Gasteiger partial charge on any atom is -0.133 e. The fourth-order valence-electron chi connectivity index (χ4n) is 3.51. The first kappa shape index (κ1) is 16.0. The van der Waals surface area contributed by atoms with Crippen molar-refractivity contribution < 1.29 is 0 Å². The van der Waals surface area contributed by atoms with Crippen molar-refractivity contribution in [2.75, 3.05) is 0 Å². The van der Waals surface area contributed by atoms with Crippen LogP contribution in [0.4, 0.5) is 0 Å². The molecule has 0 aliphatic heterocycles. The van der Waals surface area contributed by atoms with Gasteiger partial charge in [-0.1, -0.05) is 72.8 Å². The van der Waals surface area contributed by atoms with Gasteiger partial charge in [0, 0.05) is 14.7 Å². The van der Waals surface area contributed by atoms with Crippen LogP contribution < -0.4 is 0 Å². The van der Waals surface area contributed by atoms with Gasteiger partial charge in [-0.25, -0.2) is 0 Å². The third-order valence-corrected chi connectivity index (χ3v) is 8.55. The summed E-state index contributed by atoms with van der Waals surface area (Å²) in [4.78, 5) is 5.63. The Balaban J connectivity index is 2.09. The molecule has 0 atom stereocenters. The number of hydrogen-bond acceptors (Lipinski definition) is 0. The molecule has 1 heteroatoms. The molecule has 0 aromatic heterocycles. The van der Waals surface area contributed by atoms with Gasteiger partial charge in [0.15, 0.2) is 0 Å². The van der Waals surface area contributed by atoms with Crippen LogP contribution in [0, 0.1) is 0 Å². The van der Waals surface area contributed by atoms with Crippen molar-refractivity contribution in [1.82, 2.24) is 0 Å². The van der Waals surface area contributed by atoms with E-state index in [1.165, 1.54) is 19.6 Å². The summed E-state index contributed by atoms with van der Waals surface area (Å²) in [6.07, 6.45) is 9.38. The first-order valence-electron chi connectivity index (χ1n) is 8.78. The molecule has 0 bridgehead atoms. The molecule has 3 aromatic carbocycles. The van der Waals surface area contributed by atoms with Gasteiger partial charge in [-0.15, -0.1) is 10.0 Å². The van der Waals surface area contributed by atoms with Crippen LogP contribution in [0.1, 0.15) is 12.8 Å². The summed E-state index contributed by atoms with van der Waals surface area (Å²) in [6.45, 7) is 0. The van der Waals surface area contributed by atoms with Crippen molar-refractivity contribution >= 4 is 10.0 Å². The molecule has 0 amide bonds.